The normalized spacial score (nSPS) is 11.5. The summed E-state index contributed by atoms with van der Waals surface area (Å²) in [6.07, 6.45) is 7.18. The van der Waals surface area contributed by atoms with Gasteiger partial charge in [0.2, 0.25) is 10.0 Å². The first-order chi connectivity index (χ1) is 12.8. The van der Waals surface area contributed by atoms with Crippen molar-refractivity contribution in [2.24, 2.45) is 0 Å². The Balaban J connectivity index is 1.92. The van der Waals surface area contributed by atoms with E-state index in [-0.39, 0.29) is 5.56 Å². The third-order valence-electron chi connectivity index (χ3n) is 3.86. The highest BCUT2D eigenvalue weighted by atomic mass is 35.5. The van der Waals surface area contributed by atoms with Gasteiger partial charge in [0.05, 0.1) is 23.2 Å². The number of aryl methyl sites for hydroxylation is 1. The Morgan fingerprint density at radius 1 is 1.19 bits per heavy atom. The van der Waals surface area contributed by atoms with Crippen molar-refractivity contribution in [3.05, 3.63) is 64.3 Å². The largest absolute Gasteiger partial charge is 0.313 e. The summed E-state index contributed by atoms with van der Waals surface area (Å²) in [7, 11) is -3.37. The summed E-state index contributed by atoms with van der Waals surface area (Å²) in [5.74, 6) is 0. The van der Waals surface area contributed by atoms with Crippen molar-refractivity contribution in [1.29, 1.82) is 0 Å². The Morgan fingerprint density at radius 3 is 2.63 bits per heavy atom. The molecule has 9 heteroatoms. The topological polar surface area (TPSA) is 86.0 Å². The minimum atomic E-state index is -3.37. The van der Waals surface area contributed by atoms with Crippen molar-refractivity contribution < 1.29 is 8.42 Å². The summed E-state index contributed by atoms with van der Waals surface area (Å²) in [6.45, 7) is 2.65. The van der Waals surface area contributed by atoms with Crippen LogP contribution >= 0.6 is 11.6 Å². The standard InChI is InChI=1S/C18H19ClN4O3S/c1-3-8-22-12-15(5-7-18(22)24)23-11-13(10-20-23)16-6-4-14(9-17(16)19)21-27(2,25)26/h4-7,9-12,21H,3,8H2,1-2H3. The summed E-state index contributed by atoms with van der Waals surface area (Å²) < 4.78 is 28.4. The average molecular weight is 407 g/mol. The molecule has 7 nitrogen and oxygen atoms in total. The maximum Gasteiger partial charge on any atom is 0.250 e. The number of halogens is 1. The molecule has 0 bridgehead atoms. The van der Waals surface area contributed by atoms with Crippen LogP contribution in [0.4, 0.5) is 5.69 Å². The van der Waals surface area contributed by atoms with Gasteiger partial charge in [0.15, 0.2) is 0 Å². The Bertz CT molecular complexity index is 1140. The van der Waals surface area contributed by atoms with Crippen LogP contribution in [0, 0.1) is 0 Å². The van der Waals surface area contributed by atoms with Gasteiger partial charge in [-0.05, 0) is 24.6 Å². The smallest absolute Gasteiger partial charge is 0.250 e. The van der Waals surface area contributed by atoms with Gasteiger partial charge in [-0.1, -0.05) is 24.6 Å². The lowest BCUT2D eigenvalue weighted by atomic mass is 10.1. The van der Waals surface area contributed by atoms with Gasteiger partial charge < -0.3 is 4.57 Å². The predicted octanol–water partition coefficient (Wildman–Crippen LogP) is 3.14. The molecule has 0 unspecified atom stereocenters. The number of hydrogen-bond donors (Lipinski definition) is 1. The van der Waals surface area contributed by atoms with Crippen LogP contribution in [0.25, 0.3) is 16.8 Å². The van der Waals surface area contributed by atoms with Gasteiger partial charge in [-0.3, -0.25) is 9.52 Å². The van der Waals surface area contributed by atoms with Crippen LogP contribution in [0.5, 0.6) is 0 Å². The van der Waals surface area contributed by atoms with E-state index in [1.807, 2.05) is 6.92 Å². The molecular weight excluding hydrogens is 388 g/mol. The number of pyridine rings is 1. The monoisotopic (exact) mass is 406 g/mol. The van der Waals surface area contributed by atoms with Crippen LogP contribution in [0.1, 0.15) is 13.3 Å². The summed E-state index contributed by atoms with van der Waals surface area (Å²) in [6, 6.07) is 8.16. The van der Waals surface area contributed by atoms with E-state index in [0.29, 0.717) is 17.3 Å². The van der Waals surface area contributed by atoms with E-state index in [2.05, 4.69) is 9.82 Å². The number of rotatable bonds is 6. The van der Waals surface area contributed by atoms with E-state index < -0.39 is 10.0 Å². The maximum atomic E-state index is 11.9. The quantitative estimate of drug-likeness (QED) is 0.681. The van der Waals surface area contributed by atoms with E-state index in [0.717, 1.165) is 29.5 Å². The summed E-state index contributed by atoms with van der Waals surface area (Å²) in [4.78, 5) is 11.9. The zero-order valence-electron chi connectivity index (χ0n) is 14.9. The molecule has 0 atom stereocenters. The molecule has 1 N–H and O–H groups in total. The van der Waals surface area contributed by atoms with E-state index >= 15 is 0 Å². The molecule has 0 aliphatic heterocycles. The van der Waals surface area contributed by atoms with Crippen molar-refractivity contribution in [1.82, 2.24) is 14.3 Å². The third kappa shape index (κ3) is 4.58. The van der Waals surface area contributed by atoms with Gasteiger partial charge in [-0.25, -0.2) is 13.1 Å². The van der Waals surface area contributed by atoms with Crippen LogP contribution in [-0.4, -0.2) is 29.0 Å². The second-order valence-corrected chi connectivity index (χ2v) is 8.32. The molecule has 0 aliphatic rings. The average Bonchev–Trinajstić information content (AvgIpc) is 3.05. The fourth-order valence-electron chi connectivity index (χ4n) is 2.70. The van der Waals surface area contributed by atoms with Crippen LogP contribution in [0.2, 0.25) is 5.02 Å². The van der Waals surface area contributed by atoms with Crippen LogP contribution in [0.15, 0.2) is 53.7 Å². The highest BCUT2D eigenvalue weighted by Gasteiger charge is 2.10. The highest BCUT2D eigenvalue weighted by molar-refractivity contribution is 7.92. The number of hydrogen-bond acceptors (Lipinski definition) is 4. The van der Waals surface area contributed by atoms with Crippen molar-refractivity contribution in [3.63, 3.8) is 0 Å². The molecule has 0 fully saturated rings. The molecule has 0 aliphatic carbocycles. The molecule has 0 radical (unpaired) electrons. The first-order valence-electron chi connectivity index (χ1n) is 8.30. The summed E-state index contributed by atoms with van der Waals surface area (Å²) in [5.41, 5.74) is 2.61. The molecule has 0 saturated carbocycles. The molecular formula is C18H19ClN4O3S. The lowest BCUT2D eigenvalue weighted by molar-refractivity contribution is 0.607. The van der Waals surface area contributed by atoms with Gasteiger partial charge in [-0.2, -0.15) is 5.10 Å². The zero-order valence-corrected chi connectivity index (χ0v) is 16.5. The first kappa shape index (κ1) is 19.2. The number of nitrogens with one attached hydrogen (secondary N) is 1. The van der Waals surface area contributed by atoms with Crippen molar-refractivity contribution in [2.45, 2.75) is 19.9 Å². The molecule has 2 heterocycles. The SMILES string of the molecule is CCCn1cc(-n2cc(-c3ccc(NS(C)(=O)=O)cc3Cl)cn2)ccc1=O. The maximum absolute atomic E-state index is 11.9. The van der Waals surface area contributed by atoms with Gasteiger partial charge in [0.1, 0.15) is 0 Å². The van der Waals surface area contributed by atoms with E-state index in [9.17, 15) is 13.2 Å². The molecule has 0 amide bonds. The number of anilines is 1. The Labute approximate surface area is 162 Å². The summed E-state index contributed by atoms with van der Waals surface area (Å²) >= 11 is 6.32. The van der Waals surface area contributed by atoms with E-state index in [4.69, 9.17) is 11.6 Å². The first-order valence-corrected chi connectivity index (χ1v) is 10.6. The zero-order chi connectivity index (χ0) is 19.6. The van der Waals surface area contributed by atoms with Crippen LogP contribution in [0.3, 0.4) is 0 Å². The second kappa shape index (κ2) is 7.58. The lowest BCUT2D eigenvalue weighted by Crippen LogP contribution is -2.19. The number of sulfonamides is 1. The highest BCUT2D eigenvalue weighted by Crippen LogP contribution is 2.30. The van der Waals surface area contributed by atoms with Gasteiger partial charge in [-0.15, -0.1) is 0 Å². The van der Waals surface area contributed by atoms with E-state index in [1.165, 1.54) is 6.07 Å². The molecule has 0 spiro atoms. The fourth-order valence-corrected chi connectivity index (χ4v) is 3.54. The Hall–Kier alpha value is -2.58. The van der Waals surface area contributed by atoms with Crippen molar-refractivity contribution in [3.8, 4) is 16.8 Å². The van der Waals surface area contributed by atoms with Crippen LogP contribution < -0.4 is 10.3 Å². The van der Waals surface area contributed by atoms with Crippen molar-refractivity contribution >= 4 is 27.3 Å². The number of benzene rings is 1. The Kier molecular flexibility index (Phi) is 5.38. The van der Waals surface area contributed by atoms with Crippen molar-refractivity contribution in [2.75, 3.05) is 11.0 Å². The molecule has 2 aromatic heterocycles. The molecule has 27 heavy (non-hydrogen) atoms. The molecule has 1 aromatic carbocycles. The van der Waals surface area contributed by atoms with E-state index in [1.54, 1.807) is 52.1 Å². The Morgan fingerprint density at radius 2 is 1.96 bits per heavy atom. The minimum absolute atomic E-state index is 0.0509. The number of aromatic nitrogens is 3. The van der Waals surface area contributed by atoms with Gasteiger partial charge in [0, 0.05) is 41.8 Å². The third-order valence-corrected chi connectivity index (χ3v) is 4.78. The fraction of sp³-hybridized carbons (Fsp3) is 0.222. The minimum Gasteiger partial charge on any atom is -0.313 e. The van der Waals surface area contributed by atoms with Gasteiger partial charge >= 0.3 is 0 Å². The number of nitrogens with zero attached hydrogens (tertiary/aromatic N) is 3. The van der Waals surface area contributed by atoms with Gasteiger partial charge in [0.25, 0.3) is 5.56 Å². The van der Waals surface area contributed by atoms with Crippen LogP contribution in [-0.2, 0) is 16.6 Å². The lowest BCUT2D eigenvalue weighted by Gasteiger charge is -2.08. The predicted molar refractivity (Wildman–Crippen MR) is 107 cm³/mol. The summed E-state index contributed by atoms with van der Waals surface area (Å²) in [5, 5.41) is 4.75. The second-order valence-electron chi connectivity index (χ2n) is 6.16. The molecule has 142 valence electrons. The molecule has 0 saturated heterocycles. The molecule has 3 rings (SSSR count). The molecule has 3 aromatic rings.